The number of amides is 1. The highest BCUT2D eigenvalue weighted by Gasteiger charge is 2.22. The fourth-order valence-corrected chi connectivity index (χ4v) is 3.51. The second kappa shape index (κ2) is 6.29. The molecule has 20 heavy (non-hydrogen) atoms. The van der Waals surface area contributed by atoms with E-state index in [0.717, 1.165) is 10.0 Å². The summed E-state index contributed by atoms with van der Waals surface area (Å²) in [5.74, 6) is -0.0537. The molecule has 0 radical (unpaired) electrons. The maximum Gasteiger partial charge on any atom is 0.262 e. The van der Waals surface area contributed by atoms with Crippen molar-refractivity contribution in [3.63, 3.8) is 0 Å². The molecule has 0 bridgehead atoms. The second-order valence-electron chi connectivity index (χ2n) is 5.17. The Balaban J connectivity index is 2.06. The van der Waals surface area contributed by atoms with Gasteiger partial charge in [-0.2, -0.15) is 0 Å². The van der Waals surface area contributed by atoms with Crippen LogP contribution in [0.3, 0.4) is 0 Å². The van der Waals surface area contributed by atoms with Crippen molar-refractivity contribution >= 4 is 44.8 Å². The second-order valence-corrected chi connectivity index (χ2v) is 7.38. The number of carbonyl (C=O) groups is 1. The van der Waals surface area contributed by atoms with Crippen LogP contribution in [0.1, 0.15) is 29.1 Å². The van der Waals surface area contributed by atoms with Crippen molar-refractivity contribution in [3.05, 3.63) is 55.6 Å². The molecular weight excluding hydrogens is 358 g/mol. The first kappa shape index (κ1) is 15.5. The number of hydrogen-bond acceptors (Lipinski definition) is 2. The lowest BCUT2D eigenvalue weighted by Crippen LogP contribution is -2.36. The molecular formula is C15H15BrClNOS. The van der Waals surface area contributed by atoms with Gasteiger partial charge in [0, 0.05) is 21.5 Å². The van der Waals surface area contributed by atoms with E-state index in [1.165, 1.54) is 11.3 Å². The van der Waals surface area contributed by atoms with E-state index in [9.17, 15) is 4.79 Å². The quantitative estimate of drug-likeness (QED) is 0.815. The standard InChI is InChI=1S/C15H15BrClNOS/c1-15(2,10-4-3-5-11(17)8-10)9-18-14(19)13-12(16)6-7-20-13/h3-8H,9H2,1-2H3,(H,18,19). The fraction of sp³-hybridized carbons (Fsp3) is 0.267. The molecule has 1 N–H and O–H groups in total. The van der Waals surface area contributed by atoms with Crippen LogP contribution in [0.5, 0.6) is 0 Å². The third kappa shape index (κ3) is 3.62. The Morgan fingerprint density at radius 3 is 2.75 bits per heavy atom. The summed E-state index contributed by atoms with van der Waals surface area (Å²) in [7, 11) is 0. The average Bonchev–Trinajstić information content (AvgIpc) is 2.82. The van der Waals surface area contributed by atoms with Crippen LogP contribution in [-0.4, -0.2) is 12.5 Å². The van der Waals surface area contributed by atoms with Gasteiger partial charge in [0.1, 0.15) is 4.88 Å². The molecule has 106 valence electrons. The molecule has 0 spiro atoms. The molecule has 0 saturated heterocycles. The fourth-order valence-electron chi connectivity index (χ4n) is 1.85. The molecule has 0 fully saturated rings. The van der Waals surface area contributed by atoms with Gasteiger partial charge in [0.05, 0.1) is 0 Å². The molecule has 0 atom stereocenters. The third-order valence-corrected chi connectivity index (χ3v) is 5.19. The van der Waals surface area contributed by atoms with Crippen LogP contribution in [0.25, 0.3) is 0 Å². The molecule has 0 aliphatic rings. The summed E-state index contributed by atoms with van der Waals surface area (Å²) in [6.45, 7) is 4.72. The Morgan fingerprint density at radius 1 is 1.40 bits per heavy atom. The van der Waals surface area contributed by atoms with Gasteiger partial charge in [-0.05, 0) is 45.1 Å². The molecule has 1 aromatic carbocycles. The first-order valence-electron chi connectivity index (χ1n) is 6.17. The lowest BCUT2D eigenvalue weighted by Gasteiger charge is -2.25. The molecule has 0 saturated carbocycles. The van der Waals surface area contributed by atoms with Crippen LogP contribution in [0.15, 0.2) is 40.2 Å². The summed E-state index contributed by atoms with van der Waals surface area (Å²) in [5.41, 5.74) is 0.931. The van der Waals surface area contributed by atoms with Gasteiger partial charge in [-0.15, -0.1) is 11.3 Å². The van der Waals surface area contributed by atoms with Crippen molar-refractivity contribution in [2.24, 2.45) is 0 Å². The molecule has 1 heterocycles. The van der Waals surface area contributed by atoms with Crippen molar-refractivity contribution < 1.29 is 4.79 Å². The van der Waals surface area contributed by atoms with E-state index in [4.69, 9.17) is 11.6 Å². The zero-order chi connectivity index (χ0) is 14.8. The summed E-state index contributed by atoms with van der Waals surface area (Å²) >= 11 is 10.8. The van der Waals surface area contributed by atoms with Crippen LogP contribution < -0.4 is 5.32 Å². The number of rotatable bonds is 4. The summed E-state index contributed by atoms with van der Waals surface area (Å²) in [5, 5.41) is 5.58. The van der Waals surface area contributed by atoms with Crippen LogP contribution in [-0.2, 0) is 5.41 Å². The first-order valence-corrected chi connectivity index (χ1v) is 8.22. The van der Waals surface area contributed by atoms with Gasteiger partial charge >= 0.3 is 0 Å². The first-order chi connectivity index (χ1) is 9.40. The lowest BCUT2D eigenvalue weighted by atomic mass is 9.84. The minimum absolute atomic E-state index is 0.0537. The van der Waals surface area contributed by atoms with E-state index in [-0.39, 0.29) is 11.3 Å². The Bertz CT molecular complexity index is 624. The Kier molecular flexibility index (Phi) is 4.89. The number of benzene rings is 1. The van der Waals surface area contributed by atoms with Crippen molar-refractivity contribution in [1.82, 2.24) is 5.32 Å². The average molecular weight is 373 g/mol. The molecule has 1 aromatic heterocycles. The minimum Gasteiger partial charge on any atom is -0.350 e. The van der Waals surface area contributed by atoms with Gasteiger partial charge in [0.2, 0.25) is 0 Å². The smallest absolute Gasteiger partial charge is 0.262 e. The van der Waals surface area contributed by atoms with Crippen LogP contribution in [0, 0.1) is 0 Å². The van der Waals surface area contributed by atoms with E-state index in [0.29, 0.717) is 16.4 Å². The molecule has 0 aliphatic heterocycles. The summed E-state index contributed by atoms with van der Waals surface area (Å²) < 4.78 is 0.834. The number of thiophene rings is 1. The predicted molar refractivity (Wildman–Crippen MR) is 88.8 cm³/mol. The van der Waals surface area contributed by atoms with E-state index in [1.54, 1.807) is 0 Å². The zero-order valence-corrected chi connectivity index (χ0v) is 14.4. The molecule has 0 unspecified atom stereocenters. The number of hydrogen-bond donors (Lipinski definition) is 1. The van der Waals surface area contributed by atoms with Gasteiger partial charge in [0.25, 0.3) is 5.91 Å². The Morgan fingerprint density at radius 2 is 2.15 bits per heavy atom. The maximum atomic E-state index is 12.1. The van der Waals surface area contributed by atoms with Gasteiger partial charge < -0.3 is 5.32 Å². The number of nitrogens with one attached hydrogen (secondary N) is 1. The minimum atomic E-state index is -0.176. The highest BCUT2D eigenvalue weighted by Crippen LogP contribution is 2.26. The maximum absolute atomic E-state index is 12.1. The van der Waals surface area contributed by atoms with Crippen molar-refractivity contribution in [3.8, 4) is 0 Å². The summed E-state index contributed by atoms with van der Waals surface area (Å²) in [6.07, 6.45) is 0. The van der Waals surface area contributed by atoms with Gasteiger partial charge in [-0.3, -0.25) is 4.79 Å². The zero-order valence-electron chi connectivity index (χ0n) is 11.2. The van der Waals surface area contributed by atoms with E-state index in [1.807, 2.05) is 35.7 Å². The molecule has 1 amide bonds. The highest BCUT2D eigenvalue weighted by atomic mass is 79.9. The van der Waals surface area contributed by atoms with Crippen LogP contribution in [0.4, 0.5) is 0 Å². The summed E-state index contributed by atoms with van der Waals surface area (Å²) in [4.78, 5) is 12.8. The number of halogens is 2. The third-order valence-electron chi connectivity index (χ3n) is 3.12. The molecule has 2 nitrogen and oxygen atoms in total. The SMILES string of the molecule is CC(C)(CNC(=O)c1sccc1Br)c1cccc(Cl)c1. The monoisotopic (exact) mass is 371 g/mol. The van der Waals surface area contributed by atoms with Crippen molar-refractivity contribution in [2.45, 2.75) is 19.3 Å². The molecule has 0 aliphatic carbocycles. The predicted octanol–water partition coefficient (Wildman–Crippen LogP) is 4.87. The summed E-state index contributed by atoms with van der Waals surface area (Å²) in [6, 6.07) is 9.62. The molecule has 2 aromatic rings. The molecule has 5 heteroatoms. The van der Waals surface area contributed by atoms with E-state index < -0.39 is 0 Å². The highest BCUT2D eigenvalue weighted by molar-refractivity contribution is 9.10. The topological polar surface area (TPSA) is 29.1 Å². The van der Waals surface area contributed by atoms with Crippen LogP contribution >= 0.6 is 38.9 Å². The van der Waals surface area contributed by atoms with Crippen molar-refractivity contribution in [1.29, 1.82) is 0 Å². The van der Waals surface area contributed by atoms with Crippen molar-refractivity contribution in [2.75, 3.05) is 6.54 Å². The van der Waals surface area contributed by atoms with E-state index in [2.05, 4.69) is 35.1 Å². The van der Waals surface area contributed by atoms with E-state index >= 15 is 0 Å². The largest absolute Gasteiger partial charge is 0.350 e. The van der Waals surface area contributed by atoms with Gasteiger partial charge in [-0.1, -0.05) is 37.6 Å². The normalized spacial score (nSPS) is 11.4. The Hall–Kier alpha value is -0.840. The van der Waals surface area contributed by atoms with Gasteiger partial charge in [-0.25, -0.2) is 0 Å². The Labute approximate surface area is 136 Å². The molecule has 2 rings (SSSR count). The lowest BCUT2D eigenvalue weighted by molar-refractivity contribution is 0.0949. The number of carbonyl (C=O) groups excluding carboxylic acids is 1. The van der Waals surface area contributed by atoms with Crippen LogP contribution in [0.2, 0.25) is 5.02 Å². The van der Waals surface area contributed by atoms with Gasteiger partial charge in [0.15, 0.2) is 0 Å².